The minimum Gasteiger partial charge on any atom is -0.507 e. The molecule has 33 heavy (non-hydrogen) atoms. The normalized spacial score (nSPS) is 17.3. The summed E-state index contributed by atoms with van der Waals surface area (Å²) in [7, 11) is 1.54. The lowest BCUT2D eigenvalue weighted by atomic mass is 9.95. The average Bonchev–Trinajstić information content (AvgIpc) is 3.38. The highest BCUT2D eigenvalue weighted by atomic mass is 16.5. The smallest absolute Gasteiger partial charge is 0.301 e. The molecule has 168 valence electrons. The van der Waals surface area contributed by atoms with Gasteiger partial charge in [-0.1, -0.05) is 29.9 Å². The van der Waals surface area contributed by atoms with Crippen LogP contribution in [-0.4, -0.2) is 35.7 Å². The lowest BCUT2D eigenvalue weighted by molar-refractivity contribution is -0.132. The van der Waals surface area contributed by atoms with Crippen molar-refractivity contribution in [2.75, 3.05) is 18.6 Å². The maximum atomic E-state index is 13.1. The average molecular weight is 446 g/mol. The minimum absolute atomic E-state index is 0.0504. The second-order valence-electron chi connectivity index (χ2n) is 7.36. The van der Waals surface area contributed by atoms with E-state index in [0.717, 1.165) is 0 Å². The summed E-state index contributed by atoms with van der Waals surface area (Å²) in [6, 6.07) is 14.1. The van der Waals surface area contributed by atoms with E-state index in [4.69, 9.17) is 14.0 Å². The number of aliphatic hydroxyl groups excluding tert-OH is 1. The van der Waals surface area contributed by atoms with Gasteiger partial charge in [-0.3, -0.25) is 14.5 Å². The Morgan fingerprint density at radius 3 is 2.39 bits per heavy atom. The second kappa shape index (κ2) is 9.04. The Labute approximate surface area is 190 Å². The van der Waals surface area contributed by atoms with Gasteiger partial charge >= 0.3 is 5.91 Å². The van der Waals surface area contributed by atoms with Gasteiger partial charge in [0.05, 0.1) is 18.7 Å². The lowest BCUT2D eigenvalue weighted by Gasteiger charge is -2.23. The predicted octanol–water partition coefficient (Wildman–Crippen LogP) is 4.18. The highest BCUT2D eigenvalue weighted by molar-refractivity contribution is 6.51. The van der Waals surface area contributed by atoms with Gasteiger partial charge in [-0.05, 0) is 48.9 Å². The summed E-state index contributed by atoms with van der Waals surface area (Å²) in [5.41, 5.74) is 0.919. The van der Waals surface area contributed by atoms with Gasteiger partial charge in [0.2, 0.25) is 0 Å². The fraction of sp³-hybridized carbons (Fsp3) is 0.160. The van der Waals surface area contributed by atoms with Crippen LogP contribution in [0.5, 0.6) is 11.5 Å². The molecular weight excluding hydrogens is 424 g/mol. The van der Waals surface area contributed by atoms with E-state index in [2.05, 4.69) is 11.7 Å². The number of nitrogens with zero attached hydrogens (tertiary/aromatic N) is 2. The zero-order chi connectivity index (χ0) is 23.5. The number of carbonyl (C=O) groups excluding carboxylic acids is 2. The van der Waals surface area contributed by atoms with Crippen LogP contribution in [-0.2, 0) is 9.59 Å². The van der Waals surface area contributed by atoms with Gasteiger partial charge in [0.25, 0.3) is 5.78 Å². The van der Waals surface area contributed by atoms with Crippen molar-refractivity contribution in [3.8, 4) is 11.5 Å². The summed E-state index contributed by atoms with van der Waals surface area (Å²) < 4.78 is 15.8. The molecule has 1 aromatic heterocycles. The van der Waals surface area contributed by atoms with Crippen molar-refractivity contribution in [2.24, 2.45) is 0 Å². The third-order valence-electron chi connectivity index (χ3n) is 5.23. The molecule has 4 rings (SSSR count). The first kappa shape index (κ1) is 21.9. The Kier molecular flexibility index (Phi) is 5.99. The van der Waals surface area contributed by atoms with E-state index in [0.29, 0.717) is 35.0 Å². The first-order valence-electron chi connectivity index (χ1n) is 10.2. The number of hydrogen-bond acceptors (Lipinski definition) is 7. The Morgan fingerprint density at radius 1 is 1.15 bits per heavy atom. The van der Waals surface area contributed by atoms with Crippen LogP contribution in [0.25, 0.3) is 5.76 Å². The molecule has 8 heteroatoms. The number of benzene rings is 2. The summed E-state index contributed by atoms with van der Waals surface area (Å²) in [6.07, 6.45) is 1.62. The first-order valence-corrected chi connectivity index (χ1v) is 10.2. The fourth-order valence-corrected chi connectivity index (χ4v) is 3.66. The zero-order valence-electron chi connectivity index (χ0n) is 18.1. The number of rotatable bonds is 7. The van der Waals surface area contributed by atoms with Crippen molar-refractivity contribution >= 4 is 23.3 Å². The highest BCUT2D eigenvalue weighted by Gasteiger charge is 2.48. The van der Waals surface area contributed by atoms with Gasteiger partial charge in [0.15, 0.2) is 5.82 Å². The summed E-state index contributed by atoms with van der Waals surface area (Å²) in [5.74, 6) is -0.0670. The van der Waals surface area contributed by atoms with Gasteiger partial charge < -0.3 is 19.1 Å². The molecule has 0 bridgehead atoms. The number of hydrogen-bond donors (Lipinski definition) is 1. The van der Waals surface area contributed by atoms with Crippen LogP contribution in [0.2, 0.25) is 0 Å². The molecule has 2 aromatic carbocycles. The van der Waals surface area contributed by atoms with Crippen molar-refractivity contribution in [1.82, 2.24) is 5.16 Å². The largest absolute Gasteiger partial charge is 0.507 e. The number of Topliss-reactive ketones (excluding diaryl/α,β-unsaturated/α-hetero) is 1. The maximum absolute atomic E-state index is 13.1. The number of aliphatic hydroxyl groups is 1. The third-order valence-corrected chi connectivity index (χ3v) is 5.23. The van der Waals surface area contributed by atoms with Gasteiger partial charge in [-0.25, -0.2) is 0 Å². The Morgan fingerprint density at radius 2 is 1.82 bits per heavy atom. The Bertz CT molecular complexity index is 1220. The molecule has 8 nitrogen and oxygen atoms in total. The van der Waals surface area contributed by atoms with E-state index in [1.165, 1.54) is 4.90 Å². The third kappa shape index (κ3) is 4.10. The van der Waals surface area contributed by atoms with Crippen molar-refractivity contribution in [2.45, 2.75) is 13.0 Å². The van der Waals surface area contributed by atoms with E-state index in [1.54, 1.807) is 74.7 Å². The maximum Gasteiger partial charge on any atom is 0.301 e. The van der Waals surface area contributed by atoms with Gasteiger partial charge in [-0.15, -0.1) is 0 Å². The summed E-state index contributed by atoms with van der Waals surface area (Å²) in [5, 5.41) is 15.1. The Hall–Kier alpha value is -4.33. The van der Waals surface area contributed by atoms with Crippen LogP contribution >= 0.6 is 0 Å². The molecule has 2 heterocycles. The van der Waals surface area contributed by atoms with E-state index in [-0.39, 0.29) is 17.2 Å². The van der Waals surface area contributed by atoms with Crippen LogP contribution in [0, 0.1) is 6.92 Å². The van der Waals surface area contributed by atoms with Gasteiger partial charge in [0, 0.05) is 11.6 Å². The second-order valence-corrected chi connectivity index (χ2v) is 7.36. The standard InChI is InChI=1S/C25H22N2O6/c1-4-13-32-19-11-7-17(8-12-19)23(28)21-22(16-5-9-18(31-3)10-6-16)27(25(30)24(21)29)20-14-15(2)33-26-20/h4-12,14,22,28H,1,13H2,2-3H3/b23-21+/t22-/m1/s1. The molecule has 1 fully saturated rings. The highest BCUT2D eigenvalue weighted by Crippen LogP contribution is 2.42. The van der Waals surface area contributed by atoms with Crippen LogP contribution in [0.3, 0.4) is 0 Å². The number of ether oxygens (including phenoxy) is 2. The molecule has 0 radical (unpaired) electrons. The molecular formula is C25H22N2O6. The Balaban J connectivity index is 1.83. The monoisotopic (exact) mass is 446 g/mol. The lowest BCUT2D eigenvalue weighted by Crippen LogP contribution is -2.29. The number of amides is 1. The van der Waals surface area contributed by atoms with E-state index in [9.17, 15) is 14.7 Å². The summed E-state index contributed by atoms with van der Waals surface area (Å²) in [4.78, 5) is 27.4. The van der Waals surface area contributed by atoms with E-state index in [1.807, 2.05) is 0 Å². The fourth-order valence-electron chi connectivity index (χ4n) is 3.66. The van der Waals surface area contributed by atoms with Crippen LogP contribution in [0.4, 0.5) is 5.82 Å². The van der Waals surface area contributed by atoms with Crippen molar-refractivity contribution < 1.29 is 28.7 Å². The molecule has 1 N–H and O–H groups in total. The van der Waals surface area contributed by atoms with Crippen LogP contribution in [0.1, 0.15) is 22.9 Å². The summed E-state index contributed by atoms with van der Waals surface area (Å²) >= 11 is 0. The van der Waals surface area contributed by atoms with Gasteiger partial charge in [0.1, 0.15) is 29.6 Å². The number of carbonyl (C=O) groups is 2. The SMILES string of the molecule is C=CCOc1ccc(/C(O)=C2\C(=O)C(=O)N(c3cc(C)on3)[C@@H]2c2ccc(OC)cc2)cc1. The molecule has 0 spiro atoms. The molecule has 1 aliphatic heterocycles. The van der Waals surface area contributed by atoms with Crippen LogP contribution in [0.15, 0.2) is 77.3 Å². The van der Waals surface area contributed by atoms with Crippen molar-refractivity contribution in [3.05, 3.63) is 89.7 Å². The quantitative estimate of drug-likeness (QED) is 0.251. The molecule has 3 aromatic rings. The number of methoxy groups -OCH3 is 1. The molecule has 1 atom stereocenters. The van der Waals surface area contributed by atoms with E-state index < -0.39 is 17.7 Å². The van der Waals surface area contributed by atoms with Gasteiger partial charge in [-0.2, -0.15) is 0 Å². The van der Waals surface area contributed by atoms with Crippen molar-refractivity contribution in [1.29, 1.82) is 0 Å². The molecule has 0 saturated carbocycles. The molecule has 1 saturated heterocycles. The minimum atomic E-state index is -0.905. The number of aryl methyl sites for hydroxylation is 1. The number of aromatic nitrogens is 1. The number of ketones is 1. The number of anilines is 1. The van der Waals surface area contributed by atoms with Crippen molar-refractivity contribution in [3.63, 3.8) is 0 Å². The predicted molar refractivity (Wildman–Crippen MR) is 121 cm³/mol. The first-order chi connectivity index (χ1) is 15.9. The molecule has 1 aliphatic rings. The zero-order valence-corrected chi connectivity index (χ0v) is 18.1. The van der Waals surface area contributed by atoms with Crippen LogP contribution < -0.4 is 14.4 Å². The topological polar surface area (TPSA) is 102 Å². The molecule has 1 amide bonds. The van der Waals surface area contributed by atoms with E-state index >= 15 is 0 Å². The summed E-state index contributed by atoms with van der Waals surface area (Å²) in [6.45, 7) is 5.63. The molecule has 0 aliphatic carbocycles. The molecule has 0 unspecified atom stereocenters.